The van der Waals surface area contributed by atoms with Crippen molar-refractivity contribution in [1.29, 1.82) is 0 Å². The Balaban J connectivity index is 1.76. The van der Waals surface area contributed by atoms with Crippen molar-refractivity contribution in [3.63, 3.8) is 0 Å². The fourth-order valence-electron chi connectivity index (χ4n) is 3.02. The van der Waals surface area contributed by atoms with Crippen LogP contribution in [0.1, 0.15) is 25.3 Å². The first-order chi connectivity index (χ1) is 11.4. The third kappa shape index (κ3) is 3.06. The second kappa shape index (κ2) is 6.35. The average Bonchev–Trinajstić information content (AvgIpc) is 3.11. The molecular weight excluding hydrogens is 322 g/mol. The number of benzene rings is 1. The van der Waals surface area contributed by atoms with Gasteiger partial charge in [-0.25, -0.2) is 4.79 Å². The third-order valence-electron chi connectivity index (χ3n) is 4.34. The van der Waals surface area contributed by atoms with E-state index in [1.54, 1.807) is 6.92 Å². The Kier molecular flexibility index (Phi) is 4.40. The third-order valence-corrected chi connectivity index (χ3v) is 4.34. The zero-order valence-corrected chi connectivity index (χ0v) is 13.1. The van der Waals surface area contributed by atoms with Crippen molar-refractivity contribution < 1.29 is 27.8 Å². The van der Waals surface area contributed by atoms with Crippen molar-refractivity contribution in [1.82, 2.24) is 10.2 Å². The topological polar surface area (TPSA) is 67.9 Å². The number of imide groups is 1. The first kappa shape index (κ1) is 16.6. The molecule has 0 unspecified atom stereocenters. The predicted molar refractivity (Wildman–Crippen MR) is 79.6 cm³/mol. The second-order valence-corrected chi connectivity index (χ2v) is 6.01. The average molecular weight is 340 g/mol. The van der Waals surface area contributed by atoms with Gasteiger partial charge in [0.15, 0.2) is 0 Å². The first-order valence-electron chi connectivity index (χ1n) is 7.71. The molecule has 0 spiro atoms. The van der Waals surface area contributed by atoms with E-state index in [1.807, 2.05) is 0 Å². The molecular formula is C16H18F2N2O4. The lowest BCUT2D eigenvalue weighted by Gasteiger charge is -2.23. The minimum Gasteiger partial charge on any atom is -0.435 e. The Morgan fingerprint density at radius 1 is 1.38 bits per heavy atom. The smallest absolute Gasteiger partial charge is 0.387 e. The summed E-state index contributed by atoms with van der Waals surface area (Å²) in [5.74, 6) is -0.393. The number of halogens is 2. The van der Waals surface area contributed by atoms with Gasteiger partial charge in [-0.3, -0.25) is 9.69 Å². The molecule has 0 saturated carbocycles. The van der Waals surface area contributed by atoms with Crippen molar-refractivity contribution in [3.05, 3.63) is 29.8 Å². The molecule has 2 saturated heterocycles. The van der Waals surface area contributed by atoms with E-state index in [0.29, 0.717) is 12.2 Å². The molecule has 2 atom stereocenters. The van der Waals surface area contributed by atoms with Gasteiger partial charge < -0.3 is 14.8 Å². The van der Waals surface area contributed by atoms with Gasteiger partial charge >= 0.3 is 12.6 Å². The van der Waals surface area contributed by atoms with Crippen LogP contribution in [0.25, 0.3) is 0 Å². The molecule has 0 bridgehead atoms. The number of amides is 3. The van der Waals surface area contributed by atoms with Crippen molar-refractivity contribution in [2.24, 2.45) is 0 Å². The highest BCUT2D eigenvalue weighted by atomic mass is 19.3. The number of alkyl halides is 2. The SMILES string of the molecule is C[C@]1(c2ccc(OC(F)F)cc2)NC(=O)N(C[C@@H]2CCCO2)C1=O. The number of hydrogen-bond acceptors (Lipinski definition) is 4. The lowest BCUT2D eigenvalue weighted by Crippen LogP contribution is -2.42. The normalized spacial score (nSPS) is 27.0. The molecule has 2 aliphatic heterocycles. The molecule has 130 valence electrons. The number of urea groups is 1. The van der Waals surface area contributed by atoms with Crippen LogP contribution in [0.2, 0.25) is 0 Å². The lowest BCUT2D eigenvalue weighted by molar-refractivity contribution is -0.132. The largest absolute Gasteiger partial charge is 0.435 e. The summed E-state index contributed by atoms with van der Waals surface area (Å²) in [5, 5.41) is 2.67. The molecule has 2 aliphatic rings. The van der Waals surface area contributed by atoms with E-state index in [0.717, 1.165) is 17.7 Å². The van der Waals surface area contributed by atoms with Crippen molar-refractivity contribution in [3.8, 4) is 5.75 Å². The fourth-order valence-corrected chi connectivity index (χ4v) is 3.02. The van der Waals surface area contributed by atoms with Crippen molar-refractivity contribution >= 4 is 11.9 Å². The molecule has 2 heterocycles. The van der Waals surface area contributed by atoms with E-state index >= 15 is 0 Å². The Morgan fingerprint density at radius 3 is 2.67 bits per heavy atom. The van der Waals surface area contributed by atoms with Crippen LogP contribution in [0.5, 0.6) is 5.75 Å². The van der Waals surface area contributed by atoms with Gasteiger partial charge in [0, 0.05) is 6.61 Å². The van der Waals surface area contributed by atoms with Crippen LogP contribution in [0.4, 0.5) is 13.6 Å². The van der Waals surface area contributed by atoms with Crippen LogP contribution < -0.4 is 10.1 Å². The number of carbonyl (C=O) groups excluding carboxylic acids is 2. The molecule has 6 nitrogen and oxygen atoms in total. The quantitative estimate of drug-likeness (QED) is 0.835. The molecule has 1 aromatic carbocycles. The molecule has 0 aromatic heterocycles. The zero-order chi connectivity index (χ0) is 17.3. The summed E-state index contributed by atoms with van der Waals surface area (Å²) in [4.78, 5) is 26.1. The summed E-state index contributed by atoms with van der Waals surface area (Å²) in [5.41, 5.74) is -0.740. The molecule has 1 N–H and O–H groups in total. The summed E-state index contributed by atoms with van der Waals surface area (Å²) >= 11 is 0. The number of hydrogen-bond donors (Lipinski definition) is 1. The Labute approximate surface area is 137 Å². The van der Waals surface area contributed by atoms with E-state index in [9.17, 15) is 18.4 Å². The predicted octanol–water partition coefficient (Wildman–Crippen LogP) is 2.23. The molecule has 1 aromatic rings. The van der Waals surface area contributed by atoms with Crippen LogP contribution in [-0.4, -0.2) is 42.7 Å². The molecule has 3 rings (SSSR count). The maximum absolute atomic E-state index is 12.7. The summed E-state index contributed by atoms with van der Waals surface area (Å²) < 4.78 is 34.2. The van der Waals surface area contributed by atoms with E-state index < -0.39 is 18.2 Å². The lowest BCUT2D eigenvalue weighted by atomic mass is 9.92. The zero-order valence-electron chi connectivity index (χ0n) is 13.1. The van der Waals surface area contributed by atoms with Gasteiger partial charge in [-0.15, -0.1) is 0 Å². The van der Waals surface area contributed by atoms with Crippen LogP contribution in [-0.2, 0) is 15.1 Å². The summed E-state index contributed by atoms with van der Waals surface area (Å²) in [6.45, 7) is -0.475. The number of ether oxygens (including phenoxy) is 2. The number of carbonyl (C=O) groups is 2. The van der Waals surface area contributed by atoms with Gasteiger partial charge in [0.2, 0.25) is 0 Å². The van der Waals surface area contributed by atoms with Crippen molar-refractivity contribution in [2.75, 3.05) is 13.2 Å². The van der Waals surface area contributed by atoms with E-state index in [2.05, 4.69) is 10.1 Å². The Morgan fingerprint density at radius 2 is 2.08 bits per heavy atom. The van der Waals surface area contributed by atoms with Gasteiger partial charge in [0.05, 0.1) is 12.6 Å². The first-order valence-corrected chi connectivity index (χ1v) is 7.71. The molecule has 24 heavy (non-hydrogen) atoms. The van der Waals surface area contributed by atoms with E-state index in [1.165, 1.54) is 24.3 Å². The molecule has 0 radical (unpaired) electrons. The van der Waals surface area contributed by atoms with Gasteiger partial charge in [-0.2, -0.15) is 8.78 Å². The standard InChI is InChI=1S/C16H18F2N2O4/c1-16(10-4-6-11(7-5-10)24-14(17)18)13(21)20(15(22)19-16)9-12-3-2-8-23-12/h4-7,12,14H,2-3,8-9H2,1H3,(H,19,22)/t12-,16+/m0/s1. The summed E-state index contributed by atoms with van der Waals surface area (Å²) in [6.07, 6.45) is 1.59. The second-order valence-electron chi connectivity index (χ2n) is 6.01. The minimum atomic E-state index is -2.92. The number of nitrogens with zero attached hydrogens (tertiary/aromatic N) is 1. The maximum atomic E-state index is 12.7. The van der Waals surface area contributed by atoms with Crippen molar-refractivity contribution in [2.45, 2.75) is 38.0 Å². The van der Waals surface area contributed by atoms with Gasteiger partial charge in [-0.1, -0.05) is 12.1 Å². The van der Waals surface area contributed by atoms with Gasteiger partial charge in [0.1, 0.15) is 11.3 Å². The molecule has 3 amide bonds. The molecule has 8 heteroatoms. The van der Waals surface area contributed by atoms with Crippen LogP contribution in [0, 0.1) is 0 Å². The van der Waals surface area contributed by atoms with E-state index in [-0.39, 0.29) is 24.3 Å². The van der Waals surface area contributed by atoms with E-state index in [4.69, 9.17) is 4.74 Å². The fraction of sp³-hybridized carbons (Fsp3) is 0.500. The summed E-state index contributed by atoms with van der Waals surface area (Å²) in [7, 11) is 0. The number of rotatable bonds is 5. The maximum Gasteiger partial charge on any atom is 0.387 e. The van der Waals surface area contributed by atoms with Gasteiger partial charge in [-0.05, 0) is 37.5 Å². The highest BCUT2D eigenvalue weighted by molar-refractivity contribution is 6.07. The van der Waals surface area contributed by atoms with Gasteiger partial charge in [0.25, 0.3) is 5.91 Å². The van der Waals surface area contributed by atoms with Crippen LogP contribution in [0.15, 0.2) is 24.3 Å². The Bertz CT molecular complexity index is 631. The highest BCUT2D eigenvalue weighted by Crippen LogP contribution is 2.31. The molecule has 2 fully saturated rings. The van der Waals surface area contributed by atoms with Crippen LogP contribution in [0.3, 0.4) is 0 Å². The molecule has 0 aliphatic carbocycles. The van der Waals surface area contributed by atoms with Crippen LogP contribution >= 0.6 is 0 Å². The number of nitrogens with one attached hydrogen (secondary N) is 1. The summed E-state index contributed by atoms with van der Waals surface area (Å²) in [6, 6.07) is 5.19. The minimum absolute atomic E-state index is 0.00895. The monoisotopic (exact) mass is 340 g/mol. The highest BCUT2D eigenvalue weighted by Gasteiger charge is 2.49. The Hall–Kier alpha value is -2.22.